The predicted molar refractivity (Wildman–Crippen MR) is 86.7 cm³/mol. The lowest BCUT2D eigenvalue weighted by atomic mass is 10.1. The Bertz CT molecular complexity index is 212. The summed E-state index contributed by atoms with van der Waals surface area (Å²) in [5.74, 6) is 0.275. The van der Waals surface area contributed by atoms with Crippen LogP contribution in [0.3, 0.4) is 0 Å². The second-order valence-corrected chi connectivity index (χ2v) is 8.21. The molecule has 19 heavy (non-hydrogen) atoms. The minimum atomic E-state index is -0.341. The van der Waals surface area contributed by atoms with Gasteiger partial charge in [0.15, 0.2) is 0 Å². The maximum absolute atomic E-state index is 11.0. The van der Waals surface area contributed by atoms with Gasteiger partial charge in [0, 0.05) is 10.7 Å². The average molecular weight is 341 g/mol. The molecule has 1 N–H and O–H groups in total. The molecule has 0 saturated heterocycles. The third kappa shape index (κ3) is 32.0. The van der Waals surface area contributed by atoms with E-state index < -0.39 is 0 Å². The first kappa shape index (κ1) is 24.0. The first-order valence-corrected chi connectivity index (χ1v) is 7.68. The zero-order valence-electron chi connectivity index (χ0n) is 14.1. The summed E-state index contributed by atoms with van der Waals surface area (Å²) in [5.41, 5.74) is -0.341. The first-order valence-electron chi connectivity index (χ1n) is 6.89. The molecule has 0 radical (unpaired) electrons. The third-order valence-electron chi connectivity index (χ3n) is 1.37. The quantitative estimate of drug-likeness (QED) is 0.605. The second kappa shape index (κ2) is 11.7. The first-order chi connectivity index (χ1) is 8.37. The van der Waals surface area contributed by atoms with Gasteiger partial charge in [-0.3, -0.25) is 4.79 Å². The van der Waals surface area contributed by atoms with Crippen molar-refractivity contribution < 1.29 is 14.6 Å². The van der Waals surface area contributed by atoms with Crippen molar-refractivity contribution in [1.29, 1.82) is 0 Å². The van der Waals surface area contributed by atoms with E-state index in [-0.39, 0.29) is 22.5 Å². The SMILES string of the molecule is CC.CC(C)(Br)CO.CC(C)CC(=O)OC(C)(C)C. The van der Waals surface area contributed by atoms with Crippen LogP contribution in [-0.4, -0.2) is 27.6 Å². The predicted octanol–water partition coefficient (Wildman–Crippen LogP) is 4.55. The van der Waals surface area contributed by atoms with Crippen molar-refractivity contribution in [3.05, 3.63) is 0 Å². The number of hydrogen-bond donors (Lipinski definition) is 1. The van der Waals surface area contributed by atoms with E-state index in [1.165, 1.54) is 0 Å². The van der Waals surface area contributed by atoms with Crippen molar-refractivity contribution >= 4 is 21.9 Å². The zero-order valence-corrected chi connectivity index (χ0v) is 15.7. The fraction of sp³-hybridized carbons (Fsp3) is 0.933. The molecule has 3 nitrogen and oxygen atoms in total. The van der Waals surface area contributed by atoms with E-state index in [9.17, 15) is 4.79 Å². The number of ether oxygens (including phenoxy) is 1. The van der Waals surface area contributed by atoms with Crippen LogP contribution in [0.2, 0.25) is 0 Å². The highest BCUT2D eigenvalue weighted by molar-refractivity contribution is 9.10. The Hall–Kier alpha value is -0.0900. The topological polar surface area (TPSA) is 46.5 Å². The summed E-state index contributed by atoms with van der Waals surface area (Å²) in [4.78, 5) is 11.0. The van der Waals surface area contributed by atoms with Gasteiger partial charge >= 0.3 is 5.97 Å². The summed E-state index contributed by atoms with van der Waals surface area (Å²) >= 11 is 3.23. The second-order valence-electron chi connectivity index (χ2n) is 6.06. The van der Waals surface area contributed by atoms with E-state index in [1.54, 1.807) is 0 Å². The highest BCUT2D eigenvalue weighted by atomic mass is 79.9. The lowest BCUT2D eigenvalue weighted by Crippen LogP contribution is -2.24. The molecule has 0 aliphatic carbocycles. The summed E-state index contributed by atoms with van der Waals surface area (Å²) < 4.78 is 5.02. The molecular weight excluding hydrogens is 308 g/mol. The van der Waals surface area contributed by atoms with E-state index in [0.717, 1.165) is 0 Å². The molecule has 0 aromatic heterocycles. The van der Waals surface area contributed by atoms with Crippen molar-refractivity contribution in [2.24, 2.45) is 5.92 Å². The number of rotatable bonds is 3. The highest BCUT2D eigenvalue weighted by Crippen LogP contribution is 2.12. The Morgan fingerprint density at radius 3 is 1.63 bits per heavy atom. The van der Waals surface area contributed by atoms with E-state index in [0.29, 0.717) is 12.3 Å². The molecule has 4 heteroatoms. The van der Waals surface area contributed by atoms with E-state index in [2.05, 4.69) is 15.9 Å². The van der Waals surface area contributed by atoms with Crippen molar-refractivity contribution in [3.8, 4) is 0 Å². The smallest absolute Gasteiger partial charge is 0.306 e. The van der Waals surface area contributed by atoms with Gasteiger partial charge in [0.1, 0.15) is 5.60 Å². The van der Waals surface area contributed by atoms with Crippen LogP contribution < -0.4 is 0 Å². The molecule has 0 bridgehead atoms. The Labute approximate surface area is 128 Å². The molecule has 0 heterocycles. The van der Waals surface area contributed by atoms with Crippen molar-refractivity contribution in [1.82, 2.24) is 0 Å². The standard InChI is InChI=1S/C9H18O2.C4H9BrO.C2H6/c1-7(2)6-8(10)11-9(3,4)5;1-4(2,5)3-6;1-2/h7H,6H2,1-5H3;6H,3H2,1-2H3;1-2H3. The van der Waals surface area contributed by atoms with Crippen LogP contribution in [0.15, 0.2) is 0 Å². The zero-order chi connectivity index (χ0) is 16.3. The third-order valence-corrected chi connectivity index (χ3v) is 1.62. The van der Waals surface area contributed by atoms with Crippen molar-refractivity contribution in [3.63, 3.8) is 0 Å². The Kier molecular flexibility index (Phi) is 14.8. The van der Waals surface area contributed by atoms with E-state index in [1.807, 2.05) is 62.3 Å². The van der Waals surface area contributed by atoms with Gasteiger partial charge in [0.05, 0.1) is 6.61 Å². The molecule has 0 aromatic carbocycles. The number of hydrogen-bond acceptors (Lipinski definition) is 3. The monoisotopic (exact) mass is 340 g/mol. The average Bonchev–Trinajstić information content (AvgIpc) is 2.16. The largest absolute Gasteiger partial charge is 0.460 e. The van der Waals surface area contributed by atoms with Crippen LogP contribution in [0.4, 0.5) is 0 Å². The Morgan fingerprint density at radius 1 is 1.16 bits per heavy atom. The van der Waals surface area contributed by atoms with Gasteiger partial charge < -0.3 is 9.84 Å². The number of carbonyl (C=O) groups excluding carboxylic acids is 1. The molecular formula is C15H33BrO3. The van der Waals surface area contributed by atoms with Gasteiger partial charge in [-0.1, -0.05) is 43.6 Å². The molecule has 0 rings (SSSR count). The van der Waals surface area contributed by atoms with E-state index >= 15 is 0 Å². The van der Waals surface area contributed by atoms with E-state index in [4.69, 9.17) is 9.84 Å². The van der Waals surface area contributed by atoms with Crippen LogP contribution in [0, 0.1) is 5.92 Å². The van der Waals surface area contributed by atoms with Gasteiger partial charge in [0.2, 0.25) is 0 Å². The van der Waals surface area contributed by atoms with Gasteiger partial charge in [-0.05, 0) is 40.5 Å². The Balaban J connectivity index is -0.000000271. The van der Waals surface area contributed by atoms with Crippen LogP contribution in [0.1, 0.15) is 68.7 Å². The summed E-state index contributed by atoms with van der Waals surface area (Å²) in [5, 5.41) is 8.36. The maximum atomic E-state index is 11.0. The molecule has 0 spiro atoms. The van der Waals surface area contributed by atoms with Gasteiger partial charge in [0.25, 0.3) is 0 Å². The highest BCUT2D eigenvalue weighted by Gasteiger charge is 2.16. The number of halogens is 1. The molecule has 0 aliphatic rings. The number of esters is 1. The van der Waals surface area contributed by atoms with Gasteiger partial charge in [-0.25, -0.2) is 0 Å². The van der Waals surface area contributed by atoms with Crippen LogP contribution >= 0.6 is 15.9 Å². The molecule has 0 fully saturated rings. The van der Waals surface area contributed by atoms with Gasteiger partial charge in [-0.15, -0.1) is 0 Å². The lowest BCUT2D eigenvalue weighted by molar-refractivity contribution is -0.155. The summed E-state index contributed by atoms with van der Waals surface area (Å²) in [6.45, 7) is 17.7. The molecule has 0 aromatic rings. The van der Waals surface area contributed by atoms with Crippen LogP contribution in [-0.2, 0) is 9.53 Å². The number of aliphatic hydroxyl groups excluding tert-OH is 1. The van der Waals surface area contributed by atoms with Crippen LogP contribution in [0.25, 0.3) is 0 Å². The van der Waals surface area contributed by atoms with Crippen molar-refractivity contribution in [2.45, 2.75) is 78.7 Å². The summed E-state index contributed by atoms with van der Waals surface area (Å²) in [6.07, 6.45) is 0.511. The minimum absolute atomic E-state index is 0.0903. The fourth-order valence-electron chi connectivity index (χ4n) is 0.717. The molecule has 0 amide bonds. The minimum Gasteiger partial charge on any atom is -0.460 e. The molecule has 118 valence electrons. The normalized spacial score (nSPS) is 10.9. The molecule has 0 saturated carbocycles. The Morgan fingerprint density at radius 2 is 1.47 bits per heavy atom. The van der Waals surface area contributed by atoms with Crippen LogP contribution in [0.5, 0.6) is 0 Å². The number of carbonyl (C=O) groups is 1. The lowest BCUT2D eigenvalue weighted by Gasteiger charge is -2.19. The number of aliphatic hydroxyl groups is 1. The maximum Gasteiger partial charge on any atom is 0.306 e. The summed E-state index contributed by atoms with van der Waals surface area (Å²) in [7, 11) is 0. The summed E-state index contributed by atoms with van der Waals surface area (Å²) in [6, 6.07) is 0. The fourth-order valence-corrected chi connectivity index (χ4v) is 0.717. The van der Waals surface area contributed by atoms with Gasteiger partial charge in [-0.2, -0.15) is 0 Å². The molecule has 0 unspecified atom stereocenters. The van der Waals surface area contributed by atoms with Crippen molar-refractivity contribution in [2.75, 3.05) is 6.61 Å². The number of alkyl halides is 1. The molecule has 0 atom stereocenters. The molecule has 0 aliphatic heterocycles.